The van der Waals surface area contributed by atoms with Crippen LogP contribution in [0.4, 0.5) is 4.39 Å². The summed E-state index contributed by atoms with van der Waals surface area (Å²) < 4.78 is 15.3. The Morgan fingerprint density at radius 3 is 2.48 bits per heavy atom. The second-order valence-corrected chi connectivity index (χ2v) is 6.31. The van der Waals surface area contributed by atoms with Crippen molar-refractivity contribution in [1.29, 1.82) is 0 Å². The van der Waals surface area contributed by atoms with Crippen LogP contribution in [0.15, 0.2) is 35.5 Å². The molecule has 118 valence electrons. The van der Waals surface area contributed by atoms with Gasteiger partial charge in [-0.1, -0.05) is 11.8 Å². The normalized spacial score (nSPS) is 10.9. The van der Waals surface area contributed by atoms with Crippen LogP contribution in [0.5, 0.6) is 0 Å². The van der Waals surface area contributed by atoms with Crippen LogP contribution >= 0.6 is 24.0 Å². The zero-order valence-corrected chi connectivity index (χ0v) is 14.2. The monoisotopic (exact) mass is 347 g/mol. The largest absolute Gasteiger partial charge is 0.271 e. The topological polar surface area (TPSA) is 59.4 Å². The molecule has 0 saturated carbocycles. The molecule has 0 saturated heterocycles. The molecule has 0 unspecified atom stereocenters. The number of aryl methyl sites for hydroxylation is 2. The van der Waals surface area contributed by atoms with Gasteiger partial charge in [-0.3, -0.25) is 9.67 Å². The van der Waals surface area contributed by atoms with Gasteiger partial charge in [0.05, 0.1) is 5.75 Å². The summed E-state index contributed by atoms with van der Waals surface area (Å²) in [5.41, 5.74) is 2.62. The van der Waals surface area contributed by atoms with Crippen LogP contribution in [-0.2, 0) is 5.75 Å². The van der Waals surface area contributed by atoms with Gasteiger partial charge in [-0.15, -0.1) is 0 Å². The fourth-order valence-corrected chi connectivity index (χ4v) is 3.30. The molecule has 0 radical (unpaired) electrons. The number of rotatable bonds is 4. The third kappa shape index (κ3) is 3.65. The first-order valence-electron chi connectivity index (χ1n) is 6.90. The maximum Gasteiger partial charge on any atom is 0.199 e. The number of benzene rings is 1. The molecule has 0 aliphatic carbocycles. The molecule has 0 aliphatic rings. The molecule has 2 heterocycles. The number of hydrogen-bond acceptors (Lipinski definition) is 5. The Kier molecular flexibility index (Phi) is 4.53. The second kappa shape index (κ2) is 6.59. The predicted molar refractivity (Wildman–Crippen MR) is 89.8 cm³/mol. The molecule has 0 spiro atoms. The van der Waals surface area contributed by atoms with E-state index in [0.29, 0.717) is 15.7 Å². The quantitative estimate of drug-likeness (QED) is 0.442. The number of nitrogens with zero attached hydrogens (tertiary/aromatic N) is 4. The molecule has 0 aliphatic heterocycles. The lowest BCUT2D eigenvalue weighted by Crippen LogP contribution is -2.01. The van der Waals surface area contributed by atoms with Crippen LogP contribution in [0.2, 0.25) is 0 Å². The van der Waals surface area contributed by atoms with Gasteiger partial charge in [0.1, 0.15) is 11.6 Å². The standard InChI is InChI=1S/C15H14FN5S2/c1-9-7-10(2)18-14(17-9)23-8-13-19-20-15(22)21(13)12-5-3-11(16)4-6-12/h3-7H,8H2,1-2H3,(H,20,22). The van der Waals surface area contributed by atoms with Crippen LogP contribution < -0.4 is 0 Å². The minimum absolute atomic E-state index is 0.289. The van der Waals surface area contributed by atoms with Crippen molar-refractivity contribution in [2.24, 2.45) is 0 Å². The summed E-state index contributed by atoms with van der Waals surface area (Å²) >= 11 is 6.75. The van der Waals surface area contributed by atoms with Crippen LogP contribution in [0.25, 0.3) is 5.69 Å². The van der Waals surface area contributed by atoms with Crippen molar-refractivity contribution in [3.63, 3.8) is 0 Å². The average molecular weight is 347 g/mol. The number of hydrogen-bond donors (Lipinski definition) is 1. The van der Waals surface area contributed by atoms with Crippen molar-refractivity contribution in [3.8, 4) is 5.69 Å². The van der Waals surface area contributed by atoms with E-state index in [1.165, 1.54) is 23.9 Å². The van der Waals surface area contributed by atoms with Crippen molar-refractivity contribution in [2.45, 2.75) is 24.8 Å². The van der Waals surface area contributed by atoms with Gasteiger partial charge >= 0.3 is 0 Å². The number of H-pyrrole nitrogens is 1. The molecule has 1 N–H and O–H groups in total. The van der Waals surface area contributed by atoms with Crippen molar-refractivity contribution in [1.82, 2.24) is 24.7 Å². The Balaban J connectivity index is 1.87. The molecule has 0 amide bonds. The summed E-state index contributed by atoms with van der Waals surface area (Å²) in [5, 5.41) is 7.72. The Bertz CT molecular complexity index is 865. The lowest BCUT2D eigenvalue weighted by Gasteiger charge is -2.07. The van der Waals surface area contributed by atoms with E-state index in [9.17, 15) is 4.39 Å². The Labute approximate surface area is 142 Å². The minimum Gasteiger partial charge on any atom is -0.271 e. The van der Waals surface area contributed by atoms with Crippen molar-refractivity contribution < 1.29 is 4.39 Å². The third-order valence-electron chi connectivity index (χ3n) is 3.12. The average Bonchev–Trinajstić information content (AvgIpc) is 2.86. The Morgan fingerprint density at radius 1 is 1.17 bits per heavy atom. The van der Waals surface area contributed by atoms with Crippen molar-refractivity contribution in [3.05, 3.63) is 58.1 Å². The predicted octanol–water partition coefficient (Wildman–Crippen LogP) is 3.77. The Hall–Kier alpha value is -2.06. The van der Waals surface area contributed by atoms with E-state index in [1.54, 1.807) is 16.7 Å². The molecule has 0 bridgehead atoms. The smallest absolute Gasteiger partial charge is 0.199 e. The van der Waals surface area contributed by atoms with Gasteiger partial charge in [0, 0.05) is 17.1 Å². The van der Waals surface area contributed by atoms with Gasteiger partial charge in [0.2, 0.25) is 0 Å². The van der Waals surface area contributed by atoms with Gasteiger partial charge in [-0.05, 0) is 56.4 Å². The number of aromatic amines is 1. The van der Waals surface area contributed by atoms with Gasteiger partial charge in [0.25, 0.3) is 0 Å². The van der Waals surface area contributed by atoms with Crippen molar-refractivity contribution in [2.75, 3.05) is 0 Å². The third-order valence-corrected chi connectivity index (χ3v) is 4.24. The molecule has 5 nitrogen and oxygen atoms in total. The molecule has 0 fully saturated rings. The summed E-state index contributed by atoms with van der Waals surface area (Å²) in [7, 11) is 0. The molecule has 8 heteroatoms. The van der Waals surface area contributed by atoms with E-state index in [2.05, 4.69) is 20.2 Å². The first-order valence-corrected chi connectivity index (χ1v) is 8.29. The van der Waals surface area contributed by atoms with Crippen LogP contribution in [0.3, 0.4) is 0 Å². The molecule has 1 aromatic carbocycles. The fourth-order valence-electron chi connectivity index (χ4n) is 2.17. The lowest BCUT2D eigenvalue weighted by molar-refractivity contribution is 0.627. The highest BCUT2D eigenvalue weighted by atomic mass is 32.2. The van der Waals surface area contributed by atoms with E-state index in [4.69, 9.17) is 12.2 Å². The highest BCUT2D eigenvalue weighted by Gasteiger charge is 2.10. The van der Waals surface area contributed by atoms with Gasteiger partial charge in [-0.25, -0.2) is 14.4 Å². The highest BCUT2D eigenvalue weighted by Crippen LogP contribution is 2.21. The fraction of sp³-hybridized carbons (Fsp3) is 0.200. The molecule has 3 rings (SSSR count). The first-order chi connectivity index (χ1) is 11.0. The zero-order chi connectivity index (χ0) is 16.4. The molecular weight excluding hydrogens is 333 g/mol. The minimum atomic E-state index is -0.289. The van der Waals surface area contributed by atoms with Gasteiger partial charge in [0.15, 0.2) is 9.93 Å². The van der Waals surface area contributed by atoms with E-state index < -0.39 is 0 Å². The summed E-state index contributed by atoms with van der Waals surface area (Å²) in [4.78, 5) is 8.80. The molecule has 23 heavy (non-hydrogen) atoms. The number of thioether (sulfide) groups is 1. The van der Waals surface area contributed by atoms with Crippen LogP contribution in [0, 0.1) is 24.4 Å². The van der Waals surface area contributed by atoms with E-state index in [-0.39, 0.29) is 5.82 Å². The maximum atomic E-state index is 13.1. The van der Waals surface area contributed by atoms with Crippen LogP contribution in [0.1, 0.15) is 17.2 Å². The molecule has 0 atom stereocenters. The molecule has 2 aromatic heterocycles. The van der Waals surface area contributed by atoms with Crippen LogP contribution in [-0.4, -0.2) is 24.7 Å². The van der Waals surface area contributed by atoms with E-state index >= 15 is 0 Å². The lowest BCUT2D eigenvalue weighted by atomic mass is 10.3. The number of halogens is 1. The zero-order valence-electron chi connectivity index (χ0n) is 12.6. The first kappa shape index (κ1) is 15.8. The number of nitrogens with one attached hydrogen (secondary N) is 1. The highest BCUT2D eigenvalue weighted by molar-refractivity contribution is 7.98. The molecule has 3 aromatic rings. The summed E-state index contributed by atoms with van der Waals surface area (Å²) in [6.45, 7) is 3.88. The number of aromatic nitrogens is 5. The van der Waals surface area contributed by atoms with E-state index in [0.717, 1.165) is 22.9 Å². The summed E-state index contributed by atoms with van der Waals surface area (Å²) in [5.74, 6) is 0.991. The van der Waals surface area contributed by atoms with Crippen molar-refractivity contribution >= 4 is 24.0 Å². The van der Waals surface area contributed by atoms with E-state index in [1.807, 2.05) is 19.9 Å². The summed E-state index contributed by atoms with van der Waals surface area (Å²) in [6, 6.07) is 8.06. The Morgan fingerprint density at radius 2 is 1.83 bits per heavy atom. The van der Waals surface area contributed by atoms with Gasteiger partial charge in [-0.2, -0.15) is 5.10 Å². The maximum absolute atomic E-state index is 13.1. The summed E-state index contributed by atoms with van der Waals surface area (Å²) in [6.07, 6.45) is 0. The second-order valence-electron chi connectivity index (χ2n) is 4.98. The van der Waals surface area contributed by atoms with Gasteiger partial charge < -0.3 is 0 Å². The molecular formula is C15H14FN5S2. The SMILES string of the molecule is Cc1cc(C)nc(SCc2n[nH]c(=S)n2-c2ccc(F)cc2)n1.